The smallest absolute Gasteiger partial charge is 0.242 e. The molecular weight excluding hydrogens is 456 g/mol. The highest BCUT2D eigenvalue weighted by molar-refractivity contribution is 7.09. The average molecular weight is 491 g/mol. The van der Waals surface area contributed by atoms with Gasteiger partial charge in [0.2, 0.25) is 11.8 Å². The molecule has 2 aromatic carbocycles. The van der Waals surface area contributed by atoms with Crippen molar-refractivity contribution in [1.82, 2.24) is 9.80 Å². The number of ether oxygens (including phenoxy) is 1. The minimum atomic E-state index is -0.0443. The number of benzene rings is 2. The number of rotatable bonds is 13. The van der Waals surface area contributed by atoms with Gasteiger partial charge >= 0.3 is 0 Å². The summed E-state index contributed by atoms with van der Waals surface area (Å²) in [6.45, 7) is 4.90. The Morgan fingerprint density at radius 1 is 0.943 bits per heavy atom. The van der Waals surface area contributed by atoms with Gasteiger partial charge in [0.15, 0.2) is 0 Å². The fourth-order valence-electron chi connectivity index (χ4n) is 4.43. The van der Waals surface area contributed by atoms with Gasteiger partial charge in [-0.15, -0.1) is 11.3 Å². The molecule has 0 N–H and O–H groups in total. The van der Waals surface area contributed by atoms with Gasteiger partial charge in [-0.1, -0.05) is 66.7 Å². The minimum Gasteiger partial charge on any atom is -0.382 e. The van der Waals surface area contributed by atoms with E-state index in [-0.39, 0.29) is 30.2 Å². The van der Waals surface area contributed by atoms with Crippen LogP contribution in [0.3, 0.4) is 0 Å². The Kier molecular flexibility index (Phi) is 9.09. The van der Waals surface area contributed by atoms with Crippen molar-refractivity contribution >= 4 is 23.2 Å². The van der Waals surface area contributed by atoms with Gasteiger partial charge in [-0.05, 0) is 48.3 Å². The molecule has 1 fully saturated rings. The number of carbonyl (C=O) groups is 2. The number of amides is 2. The van der Waals surface area contributed by atoms with Gasteiger partial charge < -0.3 is 14.5 Å². The van der Waals surface area contributed by atoms with Gasteiger partial charge in [0.1, 0.15) is 0 Å². The first kappa shape index (κ1) is 25.1. The molecule has 0 spiro atoms. The van der Waals surface area contributed by atoms with E-state index in [4.69, 9.17) is 4.74 Å². The highest BCUT2D eigenvalue weighted by Gasteiger charge is 2.46. The number of carbonyl (C=O) groups excluding carboxylic acids is 2. The van der Waals surface area contributed by atoms with Crippen molar-refractivity contribution in [2.24, 2.45) is 5.92 Å². The summed E-state index contributed by atoms with van der Waals surface area (Å²) < 4.78 is 5.50. The van der Waals surface area contributed by atoms with Crippen molar-refractivity contribution in [1.29, 1.82) is 0 Å². The quantitative estimate of drug-likeness (QED) is 0.304. The van der Waals surface area contributed by atoms with Crippen molar-refractivity contribution in [2.45, 2.75) is 38.8 Å². The molecule has 0 radical (unpaired) electrons. The second-order valence-corrected chi connectivity index (χ2v) is 10.0. The normalized spacial score (nSPS) is 16.6. The van der Waals surface area contributed by atoms with Crippen LogP contribution in [0.4, 0.5) is 0 Å². The predicted molar refractivity (Wildman–Crippen MR) is 140 cm³/mol. The lowest BCUT2D eigenvalue weighted by molar-refractivity contribution is -0.142. The van der Waals surface area contributed by atoms with E-state index in [1.165, 1.54) is 5.56 Å². The Hall–Kier alpha value is -2.96. The van der Waals surface area contributed by atoms with E-state index in [2.05, 4.69) is 18.2 Å². The lowest BCUT2D eigenvalue weighted by Gasteiger charge is -2.28. The van der Waals surface area contributed by atoms with Crippen LogP contribution in [-0.2, 0) is 27.4 Å². The maximum atomic E-state index is 13.6. The van der Waals surface area contributed by atoms with Crippen molar-refractivity contribution < 1.29 is 14.3 Å². The standard InChI is InChI=1S/C29H34N2O3S/c1-2-34-17-10-16-30(29(33)27-19-26(27)24-13-7-4-8-14-24)22-28(32)31(21-25-15-9-18-35-25)20-23-11-5-3-6-12-23/h3-9,11-15,18,26-27H,2,10,16-17,19-22H2,1H3. The number of hydrogen-bond acceptors (Lipinski definition) is 4. The van der Waals surface area contributed by atoms with E-state index in [9.17, 15) is 9.59 Å². The van der Waals surface area contributed by atoms with E-state index in [0.717, 1.165) is 23.3 Å². The summed E-state index contributed by atoms with van der Waals surface area (Å²) >= 11 is 1.65. The molecule has 6 heteroatoms. The van der Waals surface area contributed by atoms with Gasteiger partial charge in [0, 0.05) is 37.1 Å². The second-order valence-electron chi connectivity index (χ2n) is 8.98. The molecule has 1 aliphatic rings. The number of hydrogen-bond donors (Lipinski definition) is 0. The summed E-state index contributed by atoms with van der Waals surface area (Å²) in [5.41, 5.74) is 2.29. The predicted octanol–water partition coefficient (Wildman–Crippen LogP) is 5.34. The highest BCUT2D eigenvalue weighted by Crippen LogP contribution is 2.48. The maximum absolute atomic E-state index is 13.6. The molecule has 1 heterocycles. The second kappa shape index (κ2) is 12.7. The van der Waals surface area contributed by atoms with E-state index >= 15 is 0 Å². The topological polar surface area (TPSA) is 49.9 Å². The summed E-state index contributed by atoms with van der Waals surface area (Å²) in [5.74, 6) is 0.264. The van der Waals surface area contributed by atoms with E-state index < -0.39 is 0 Å². The molecule has 2 amide bonds. The third-order valence-electron chi connectivity index (χ3n) is 6.39. The van der Waals surface area contributed by atoms with Crippen molar-refractivity contribution in [3.8, 4) is 0 Å². The Bertz CT molecular complexity index is 1060. The average Bonchev–Trinajstić information content (AvgIpc) is 3.53. The zero-order chi connectivity index (χ0) is 24.5. The van der Waals surface area contributed by atoms with Crippen LogP contribution >= 0.6 is 11.3 Å². The molecule has 0 aliphatic heterocycles. The molecule has 4 rings (SSSR count). The van der Waals surface area contributed by atoms with Crippen LogP contribution in [0, 0.1) is 5.92 Å². The molecule has 1 aliphatic carbocycles. The van der Waals surface area contributed by atoms with Crippen molar-refractivity contribution in [2.75, 3.05) is 26.3 Å². The van der Waals surface area contributed by atoms with Crippen LogP contribution in [0.2, 0.25) is 0 Å². The van der Waals surface area contributed by atoms with Gasteiger partial charge in [0.25, 0.3) is 0 Å². The summed E-state index contributed by atoms with van der Waals surface area (Å²) in [5, 5.41) is 2.03. The molecule has 184 valence electrons. The largest absolute Gasteiger partial charge is 0.382 e. The summed E-state index contributed by atoms with van der Waals surface area (Å²) in [4.78, 5) is 31.8. The Labute approximate surface area is 212 Å². The molecule has 1 saturated carbocycles. The first-order chi connectivity index (χ1) is 17.2. The lowest BCUT2D eigenvalue weighted by atomic mass is 10.1. The van der Waals surface area contributed by atoms with Crippen molar-refractivity contribution in [3.05, 3.63) is 94.2 Å². The van der Waals surface area contributed by atoms with Gasteiger partial charge in [0.05, 0.1) is 13.1 Å². The highest BCUT2D eigenvalue weighted by atomic mass is 32.1. The first-order valence-corrected chi connectivity index (χ1v) is 13.3. The lowest BCUT2D eigenvalue weighted by Crippen LogP contribution is -2.43. The third-order valence-corrected chi connectivity index (χ3v) is 7.25. The summed E-state index contributed by atoms with van der Waals surface area (Å²) in [6.07, 6.45) is 1.57. The van der Waals surface area contributed by atoms with Crippen molar-refractivity contribution in [3.63, 3.8) is 0 Å². The van der Waals surface area contributed by atoms with Crippen LogP contribution < -0.4 is 0 Å². The van der Waals surface area contributed by atoms with Crippen LogP contribution in [0.25, 0.3) is 0 Å². The molecule has 3 aromatic rings. The molecule has 5 nitrogen and oxygen atoms in total. The van der Waals surface area contributed by atoms with E-state index in [0.29, 0.717) is 32.8 Å². The Morgan fingerprint density at radius 3 is 2.37 bits per heavy atom. The van der Waals surface area contributed by atoms with Crippen LogP contribution in [0.15, 0.2) is 78.2 Å². The van der Waals surface area contributed by atoms with Crippen LogP contribution in [-0.4, -0.2) is 47.9 Å². The fraction of sp³-hybridized carbons (Fsp3) is 0.379. The Morgan fingerprint density at radius 2 is 1.69 bits per heavy atom. The maximum Gasteiger partial charge on any atom is 0.242 e. The van der Waals surface area contributed by atoms with Gasteiger partial charge in [-0.3, -0.25) is 9.59 Å². The SMILES string of the molecule is CCOCCCN(CC(=O)N(Cc1ccccc1)Cc1cccs1)C(=O)C1CC1c1ccccc1. The zero-order valence-electron chi connectivity index (χ0n) is 20.3. The monoisotopic (exact) mass is 490 g/mol. The van der Waals surface area contributed by atoms with Crippen LogP contribution in [0.5, 0.6) is 0 Å². The number of nitrogens with zero attached hydrogens (tertiary/aromatic N) is 2. The van der Waals surface area contributed by atoms with Gasteiger partial charge in [-0.2, -0.15) is 0 Å². The number of thiophene rings is 1. The molecule has 35 heavy (non-hydrogen) atoms. The zero-order valence-corrected chi connectivity index (χ0v) is 21.2. The molecular formula is C29H34N2O3S. The van der Waals surface area contributed by atoms with E-state index in [1.807, 2.05) is 71.8 Å². The fourth-order valence-corrected chi connectivity index (χ4v) is 5.15. The summed E-state index contributed by atoms with van der Waals surface area (Å²) in [7, 11) is 0. The molecule has 2 unspecified atom stereocenters. The van der Waals surface area contributed by atoms with Gasteiger partial charge in [-0.25, -0.2) is 0 Å². The summed E-state index contributed by atoms with van der Waals surface area (Å²) in [6, 6.07) is 24.3. The Balaban J connectivity index is 1.45. The first-order valence-electron chi connectivity index (χ1n) is 12.4. The molecule has 0 bridgehead atoms. The third kappa shape index (κ3) is 7.26. The van der Waals surface area contributed by atoms with Crippen LogP contribution in [0.1, 0.15) is 41.7 Å². The van der Waals surface area contributed by atoms with E-state index in [1.54, 1.807) is 16.2 Å². The molecule has 1 aromatic heterocycles. The minimum absolute atomic E-state index is 0.0241. The molecule has 0 saturated heterocycles. The molecule has 2 atom stereocenters.